The monoisotopic (exact) mass is 418 g/mol. The number of fused-ring (bicyclic) bond motifs is 1. The first-order chi connectivity index (χ1) is 14.3. The molecule has 158 valence electrons. The van der Waals surface area contributed by atoms with Crippen molar-refractivity contribution in [1.82, 2.24) is 5.32 Å². The van der Waals surface area contributed by atoms with Gasteiger partial charge in [-0.25, -0.2) is 0 Å². The van der Waals surface area contributed by atoms with Crippen molar-refractivity contribution in [3.8, 4) is 17.6 Å². The van der Waals surface area contributed by atoms with Gasteiger partial charge in [0.2, 0.25) is 0 Å². The highest BCUT2D eigenvalue weighted by atomic mass is 19.4. The molecule has 8 heteroatoms. The molecule has 0 radical (unpaired) electrons. The normalized spacial score (nSPS) is 16.2. The summed E-state index contributed by atoms with van der Waals surface area (Å²) in [6.07, 6.45) is -4.25. The maximum atomic E-state index is 13.2. The van der Waals surface area contributed by atoms with Crippen LogP contribution in [0.5, 0.6) is 11.5 Å². The second kappa shape index (κ2) is 9.08. The molecular weight excluding hydrogens is 397 g/mol. The second-order valence-corrected chi connectivity index (χ2v) is 7.01. The Morgan fingerprint density at radius 2 is 2.10 bits per heavy atom. The van der Waals surface area contributed by atoms with E-state index in [1.54, 1.807) is 0 Å². The average molecular weight is 418 g/mol. The summed E-state index contributed by atoms with van der Waals surface area (Å²) in [5.74, 6) is 0.254. The fraction of sp³-hybridized carbons (Fsp3) is 0.364. The number of carbonyl (C=O) groups excluding carboxylic acids is 1. The van der Waals surface area contributed by atoms with E-state index in [-0.39, 0.29) is 18.4 Å². The zero-order valence-corrected chi connectivity index (χ0v) is 16.3. The lowest BCUT2D eigenvalue weighted by atomic mass is 10.1. The first kappa shape index (κ1) is 21.5. The van der Waals surface area contributed by atoms with E-state index in [2.05, 4.69) is 5.32 Å². The van der Waals surface area contributed by atoms with Crippen LogP contribution < -0.4 is 14.8 Å². The number of hydrogen-bond donors (Lipinski definition) is 1. The number of amides is 1. The Morgan fingerprint density at radius 1 is 1.33 bits per heavy atom. The third kappa shape index (κ3) is 5.03. The summed E-state index contributed by atoms with van der Waals surface area (Å²) in [6, 6.07) is 12.2. The quantitative estimate of drug-likeness (QED) is 0.730. The number of hydrogen-bond acceptors (Lipinski definition) is 4. The minimum atomic E-state index is -4.69. The number of rotatable bonds is 7. The molecule has 1 amide bonds. The minimum Gasteiger partial charge on any atom is -0.488 e. The molecule has 1 aliphatic rings. The first-order valence-electron chi connectivity index (χ1n) is 9.62. The molecule has 0 aliphatic carbocycles. The fourth-order valence-corrected chi connectivity index (χ4v) is 3.29. The van der Waals surface area contributed by atoms with E-state index >= 15 is 0 Å². The van der Waals surface area contributed by atoms with Crippen LogP contribution in [0.1, 0.15) is 36.5 Å². The molecule has 0 bridgehead atoms. The zero-order valence-electron chi connectivity index (χ0n) is 16.3. The third-order valence-corrected chi connectivity index (χ3v) is 4.76. The lowest BCUT2D eigenvalue weighted by molar-refractivity contribution is -0.137. The van der Waals surface area contributed by atoms with Crippen molar-refractivity contribution in [3.63, 3.8) is 0 Å². The summed E-state index contributed by atoms with van der Waals surface area (Å²) >= 11 is 0. The minimum absolute atomic E-state index is 0.112. The topological polar surface area (TPSA) is 71.3 Å². The smallest absolute Gasteiger partial charge is 0.417 e. The molecule has 0 fully saturated rings. The molecule has 1 heterocycles. The molecule has 2 unspecified atom stereocenters. The number of benzene rings is 2. The highest BCUT2D eigenvalue weighted by molar-refractivity contribution is 5.81. The lowest BCUT2D eigenvalue weighted by Gasteiger charge is -2.20. The Morgan fingerprint density at radius 3 is 2.77 bits per heavy atom. The van der Waals surface area contributed by atoms with E-state index in [0.29, 0.717) is 19.3 Å². The van der Waals surface area contributed by atoms with Gasteiger partial charge in [-0.1, -0.05) is 31.5 Å². The largest absolute Gasteiger partial charge is 0.488 e. The molecule has 0 aromatic heterocycles. The molecule has 2 atom stereocenters. The summed E-state index contributed by atoms with van der Waals surface area (Å²) in [6.45, 7) is 2.11. The Balaban J connectivity index is 1.64. The van der Waals surface area contributed by atoms with Gasteiger partial charge in [0.05, 0.1) is 23.7 Å². The van der Waals surface area contributed by atoms with Crippen LogP contribution in [0.25, 0.3) is 0 Å². The van der Waals surface area contributed by atoms with Gasteiger partial charge in [0, 0.05) is 6.42 Å². The molecule has 0 saturated carbocycles. The van der Waals surface area contributed by atoms with Gasteiger partial charge in [0.1, 0.15) is 17.6 Å². The zero-order chi connectivity index (χ0) is 21.7. The number of ether oxygens (including phenoxy) is 2. The van der Waals surface area contributed by atoms with Crippen LogP contribution in [-0.2, 0) is 17.4 Å². The number of nitriles is 1. The van der Waals surface area contributed by atoms with Gasteiger partial charge < -0.3 is 14.8 Å². The van der Waals surface area contributed by atoms with Gasteiger partial charge in [0.15, 0.2) is 6.10 Å². The predicted molar refractivity (Wildman–Crippen MR) is 103 cm³/mol. The van der Waals surface area contributed by atoms with E-state index in [9.17, 15) is 18.0 Å². The van der Waals surface area contributed by atoms with Crippen molar-refractivity contribution in [2.45, 2.75) is 44.6 Å². The van der Waals surface area contributed by atoms with Crippen molar-refractivity contribution in [2.75, 3.05) is 6.54 Å². The molecule has 2 aromatic carbocycles. The van der Waals surface area contributed by atoms with Crippen LogP contribution in [0.3, 0.4) is 0 Å². The van der Waals surface area contributed by atoms with Crippen molar-refractivity contribution < 1.29 is 27.4 Å². The van der Waals surface area contributed by atoms with Crippen LogP contribution in [0, 0.1) is 11.3 Å². The van der Waals surface area contributed by atoms with E-state index < -0.39 is 29.3 Å². The molecule has 2 aromatic rings. The number of nitrogens with zero attached hydrogens (tertiary/aromatic N) is 1. The van der Waals surface area contributed by atoms with Crippen molar-refractivity contribution in [3.05, 3.63) is 59.2 Å². The van der Waals surface area contributed by atoms with Crippen molar-refractivity contribution >= 4 is 5.91 Å². The molecule has 5 nitrogen and oxygen atoms in total. The summed E-state index contributed by atoms with van der Waals surface area (Å²) in [4.78, 5) is 12.6. The van der Waals surface area contributed by atoms with Gasteiger partial charge in [-0.3, -0.25) is 4.79 Å². The maximum absolute atomic E-state index is 13.2. The number of alkyl halides is 3. The van der Waals surface area contributed by atoms with Gasteiger partial charge in [-0.15, -0.1) is 0 Å². The van der Waals surface area contributed by atoms with Crippen LogP contribution in [0.2, 0.25) is 0 Å². The van der Waals surface area contributed by atoms with Crippen molar-refractivity contribution in [2.24, 2.45) is 0 Å². The molecule has 1 aliphatic heterocycles. The van der Waals surface area contributed by atoms with Gasteiger partial charge in [0.25, 0.3) is 5.91 Å². The number of para-hydroxylation sites is 1. The SMILES string of the molecule is CCCC(Oc1ccc(C#N)c(C(F)(F)F)c1)C(=O)NCC1Cc2ccccc2O1. The van der Waals surface area contributed by atoms with E-state index in [1.807, 2.05) is 31.2 Å². The molecular formula is C22H21F3N2O3. The molecule has 0 spiro atoms. The summed E-state index contributed by atoms with van der Waals surface area (Å²) in [5.41, 5.74) is -0.519. The first-order valence-corrected chi connectivity index (χ1v) is 9.62. The Bertz CT molecular complexity index is 928. The fourth-order valence-electron chi connectivity index (χ4n) is 3.29. The standard InChI is InChI=1S/C22H21F3N2O3/c1-2-5-20(29-16-9-8-15(12-26)18(11-16)22(23,24)25)21(28)27-13-17-10-14-6-3-4-7-19(14)30-17/h3-4,6-9,11,17,20H,2,5,10,13H2,1H3,(H,27,28). The molecule has 1 N–H and O–H groups in total. The van der Waals surface area contributed by atoms with E-state index in [1.165, 1.54) is 12.1 Å². The van der Waals surface area contributed by atoms with Crippen LogP contribution in [0.4, 0.5) is 13.2 Å². The molecule has 3 rings (SSSR count). The number of carbonyl (C=O) groups is 1. The van der Waals surface area contributed by atoms with Gasteiger partial charge in [-0.2, -0.15) is 18.4 Å². The summed E-state index contributed by atoms with van der Waals surface area (Å²) in [5, 5.41) is 11.7. The predicted octanol–water partition coefficient (Wildman–Crippen LogP) is 4.24. The lowest BCUT2D eigenvalue weighted by Crippen LogP contribution is -2.42. The van der Waals surface area contributed by atoms with E-state index in [4.69, 9.17) is 14.7 Å². The highest BCUT2D eigenvalue weighted by Crippen LogP contribution is 2.34. The summed E-state index contributed by atoms with van der Waals surface area (Å²) < 4.78 is 50.8. The maximum Gasteiger partial charge on any atom is 0.417 e. The van der Waals surface area contributed by atoms with E-state index in [0.717, 1.165) is 23.4 Å². The van der Waals surface area contributed by atoms with Crippen LogP contribution in [0.15, 0.2) is 42.5 Å². The van der Waals surface area contributed by atoms with Crippen LogP contribution in [-0.4, -0.2) is 24.7 Å². The second-order valence-electron chi connectivity index (χ2n) is 7.01. The summed E-state index contributed by atoms with van der Waals surface area (Å²) in [7, 11) is 0. The Kier molecular flexibility index (Phi) is 6.50. The Labute approximate surface area is 172 Å². The third-order valence-electron chi connectivity index (χ3n) is 4.76. The van der Waals surface area contributed by atoms with Gasteiger partial charge in [-0.05, 0) is 36.2 Å². The highest BCUT2D eigenvalue weighted by Gasteiger charge is 2.34. The number of halogens is 3. The van der Waals surface area contributed by atoms with Crippen molar-refractivity contribution in [1.29, 1.82) is 5.26 Å². The Hall–Kier alpha value is -3.21. The van der Waals surface area contributed by atoms with Crippen LogP contribution >= 0.6 is 0 Å². The average Bonchev–Trinajstić information content (AvgIpc) is 3.14. The molecule has 0 saturated heterocycles. The van der Waals surface area contributed by atoms with Gasteiger partial charge >= 0.3 is 6.18 Å². The number of nitrogens with one attached hydrogen (secondary N) is 1. The molecule has 30 heavy (non-hydrogen) atoms.